The molecule has 1 heterocycles. The summed E-state index contributed by atoms with van der Waals surface area (Å²) in [5.74, 6) is 0.747. The Morgan fingerprint density at radius 3 is 2.59 bits per heavy atom. The second-order valence-electron chi connectivity index (χ2n) is 4.84. The highest BCUT2D eigenvalue weighted by Gasteiger charge is 2.15. The maximum absolute atomic E-state index is 12.6. The predicted molar refractivity (Wildman–Crippen MR) is 90.2 cm³/mol. The van der Waals surface area contributed by atoms with Crippen LogP contribution >= 0.6 is 15.9 Å². The van der Waals surface area contributed by atoms with E-state index in [0.29, 0.717) is 18.7 Å². The molecule has 0 fully saturated rings. The topological polar surface area (TPSA) is 42.4 Å². The fraction of sp³-hybridized carbons (Fsp3) is 0.294. The van der Waals surface area contributed by atoms with E-state index in [1.165, 1.54) is 5.56 Å². The van der Waals surface area contributed by atoms with Crippen LogP contribution in [0.15, 0.2) is 47.2 Å². The summed E-state index contributed by atoms with van der Waals surface area (Å²) >= 11 is 3.42. The summed E-state index contributed by atoms with van der Waals surface area (Å²) in [6.07, 6.45) is 4.36. The fourth-order valence-corrected chi connectivity index (χ4v) is 2.74. The summed E-state index contributed by atoms with van der Waals surface area (Å²) in [6, 6.07) is 9.34. The molecule has 0 unspecified atom stereocenters. The Kier molecular flexibility index (Phi) is 5.95. The number of methoxy groups -OCH3 is 1. The normalized spacial score (nSPS) is 10.3. The van der Waals surface area contributed by atoms with Crippen LogP contribution in [-0.2, 0) is 6.42 Å². The quantitative estimate of drug-likeness (QED) is 0.788. The van der Waals surface area contributed by atoms with E-state index in [1.807, 2.05) is 24.0 Å². The van der Waals surface area contributed by atoms with Gasteiger partial charge < -0.3 is 9.64 Å². The summed E-state index contributed by atoms with van der Waals surface area (Å²) in [6.45, 7) is 3.35. The average Bonchev–Trinajstić information content (AvgIpc) is 2.56. The van der Waals surface area contributed by atoms with Crippen molar-refractivity contribution < 1.29 is 9.53 Å². The van der Waals surface area contributed by atoms with Gasteiger partial charge in [0.25, 0.3) is 5.91 Å². The minimum absolute atomic E-state index is 0.0277. The van der Waals surface area contributed by atoms with Gasteiger partial charge in [0.2, 0.25) is 0 Å². The molecule has 0 atom stereocenters. The van der Waals surface area contributed by atoms with Gasteiger partial charge in [-0.05, 0) is 65.2 Å². The van der Waals surface area contributed by atoms with Crippen molar-refractivity contribution in [3.63, 3.8) is 0 Å². The zero-order valence-electron chi connectivity index (χ0n) is 12.8. The van der Waals surface area contributed by atoms with Gasteiger partial charge in [-0.15, -0.1) is 0 Å². The number of ether oxygens (including phenoxy) is 1. The van der Waals surface area contributed by atoms with E-state index in [-0.39, 0.29) is 5.91 Å². The first-order valence-electron chi connectivity index (χ1n) is 7.17. The molecule has 1 aromatic carbocycles. The molecule has 0 radical (unpaired) electrons. The van der Waals surface area contributed by atoms with E-state index in [0.717, 1.165) is 16.6 Å². The van der Waals surface area contributed by atoms with Gasteiger partial charge in [0, 0.05) is 31.0 Å². The number of pyridine rings is 1. The van der Waals surface area contributed by atoms with Crippen LogP contribution in [0.25, 0.3) is 0 Å². The van der Waals surface area contributed by atoms with E-state index < -0.39 is 0 Å². The van der Waals surface area contributed by atoms with Gasteiger partial charge in [-0.2, -0.15) is 0 Å². The van der Waals surface area contributed by atoms with E-state index >= 15 is 0 Å². The lowest BCUT2D eigenvalue weighted by Crippen LogP contribution is -2.32. The monoisotopic (exact) mass is 362 g/mol. The SMILES string of the molecule is CCN(CCc1ccncc1)C(=O)c1ccc(OC)c(Br)c1. The lowest BCUT2D eigenvalue weighted by atomic mass is 10.1. The molecule has 0 bridgehead atoms. The summed E-state index contributed by atoms with van der Waals surface area (Å²) in [7, 11) is 1.61. The largest absolute Gasteiger partial charge is 0.496 e. The van der Waals surface area contributed by atoms with Gasteiger partial charge in [0.15, 0.2) is 0 Å². The molecule has 22 heavy (non-hydrogen) atoms. The zero-order valence-corrected chi connectivity index (χ0v) is 14.3. The molecular formula is C17H19BrN2O2. The smallest absolute Gasteiger partial charge is 0.253 e. The summed E-state index contributed by atoms with van der Waals surface area (Å²) < 4.78 is 5.98. The van der Waals surface area contributed by atoms with Crippen molar-refractivity contribution in [2.24, 2.45) is 0 Å². The standard InChI is InChI=1S/C17H19BrN2O2/c1-3-20(11-8-13-6-9-19-10-7-13)17(21)14-4-5-16(22-2)15(18)12-14/h4-7,9-10,12H,3,8,11H2,1-2H3. The van der Waals surface area contributed by atoms with Crippen LogP contribution in [-0.4, -0.2) is 36.0 Å². The number of rotatable bonds is 6. The third-order valence-electron chi connectivity index (χ3n) is 3.49. The summed E-state index contributed by atoms with van der Waals surface area (Å²) in [5.41, 5.74) is 1.83. The second-order valence-corrected chi connectivity index (χ2v) is 5.69. The van der Waals surface area contributed by atoms with Gasteiger partial charge in [0.1, 0.15) is 5.75 Å². The zero-order chi connectivity index (χ0) is 15.9. The molecule has 2 aromatic rings. The highest BCUT2D eigenvalue weighted by Crippen LogP contribution is 2.26. The van der Waals surface area contributed by atoms with Crippen molar-refractivity contribution in [1.82, 2.24) is 9.88 Å². The molecule has 0 spiro atoms. The number of halogens is 1. The Morgan fingerprint density at radius 2 is 2.00 bits per heavy atom. The fourth-order valence-electron chi connectivity index (χ4n) is 2.20. The molecule has 0 aliphatic carbocycles. The average molecular weight is 363 g/mol. The first-order valence-corrected chi connectivity index (χ1v) is 7.96. The molecule has 1 amide bonds. The highest BCUT2D eigenvalue weighted by atomic mass is 79.9. The first-order chi connectivity index (χ1) is 10.7. The predicted octanol–water partition coefficient (Wildman–Crippen LogP) is 3.56. The van der Waals surface area contributed by atoms with Crippen molar-refractivity contribution in [2.75, 3.05) is 20.2 Å². The maximum atomic E-state index is 12.6. The molecule has 1 aromatic heterocycles. The molecule has 2 rings (SSSR count). The van der Waals surface area contributed by atoms with Crippen LogP contribution in [0.2, 0.25) is 0 Å². The van der Waals surface area contributed by atoms with E-state index in [2.05, 4.69) is 20.9 Å². The van der Waals surface area contributed by atoms with E-state index in [4.69, 9.17) is 4.74 Å². The van der Waals surface area contributed by atoms with Gasteiger partial charge >= 0.3 is 0 Å². The summed E-state index contributed by atoms with van der Waals surface area (Å²) in [4.78, 5) is 18.4. The molecule has 0 aliphatic heterocycles. The van der Waals surface area contributed by atoms with Gasteiger partial charge in [-0.1, -0.05) is 0 Å². The number of benzene rings is 1. The molecule has 0 aliphatic rings. The Balaban J connectivity index is 2.06. The van der Waals surface area contributed by atoms with Crippen molar-refractivity contribution in [2.45, 2.75) is 13.3 Å². The molecular weight excluding hydrogens is 344 g/mol. The van der Waals surface area contributed by atoms with Crippen LogP contribution in [0, 0.1) is 0 Å². The van der Waals surface area contributed by atoms with E-state index in [9.17, 15) is 4.79 Å². The molecule has 0 saturated carbocycles. The third-order valence-corrected chi connectivity index (χ3v) is 4.11. The first kappa shape index (κ1) is 16.5. The number of nitrogens with zero attached hydrogens (tertiary/aromatic N) is 2. The van der Waals surface area contributed by atoms with Crippen molar-refractivity contribution >= 4 is 21.8 Å². The Hall–Kier alpha value is -1.88. The minimum atomic E-state index is 0.0277. The Morgan fingerprint density at radius 1 is 1.27 bits per heavy atom. The number of amides is 1. The number of carbonyl (C=O) groups excluding carboxylic acids is 1. The molecule has 0 saturated heterocycles. The van der Waals surface area contributed by atoms with E-state index in [1.54, 1.807) is 37.7 Å². The molecule has 116 valence electrons. The number of carbonyl (C=O) groups is 1. The number of hydrogen-bond acceptors (Lipinski definition) is 3. The minimum Gasteiger partial charge on any atom is -0.496 e. The molecule has 4 nitrogen and oxygen atoms in total. The Labute approximate surface area is 139 Å². The lowest BCUT2D eigenvalue weighted by Gasteiger charge is -2.21. The molecule has 5 heteroatoms. The summed E-state index contributed by atoms with van der Waals surface area (Å²) in [5, 5.41) is 0. The third kappa shape index (κ3) is 4.07. The van der Waals surface area contributed by atoms with Gasteiger partial charge in [-0.25, -0.2) is 0 Å². The second kappa shape index (κ2) is 7.94. The van der Waals surface area contributed by atoms with Crippen LogP contribution in [0.3, 0.4) is 0 Å². The number of likely N-dealkylation sites (N-methyl/N-ethyl adjacent to an activating group) is 1. The van der Waals surface area contributed by atoms with Crippen LogP contribution in [0.1, 0.15) is 22.8 Å². The Bertz CT molecular complexity index is 632. The van der Waals surface area contributed by atoms with Crippen molar-refractivity contribution in [3.05, 3.63) is 58.3 Å². The van der Waals surface area contributed by atoms with Crippen LogP contribution < -0.4 is 4.74 Å². The van der Waals surface area contributed by atoms with Gasteiger partial charge in [-0.3, -0.25) is 9.78 Å². The van der Waals surface area contributed by atoms with Crippen molar-refractivity contribution in [3.8, 4) is 5.75 Å². The maximum Gasteiger partial charge on any atom is 0.253 e. The van der Waals surface area contributed by atoms with Crippen LogP contribution in [0.5, 0.6) is 5.75 Å². The van der Waals surface area contributed by atoms with Crippen LogP contribution in [0.4, 0.5) is 0 Å². The van der Waals surface area contributed by atoms with Gasteiger partial charge in [0.05, 0.1) is 11.6 Å². The number of aromatic nitrogens is 1. The molecule has 0 N–H and O–H groups in total. The number of hydrogen-bond donors (Lipinski definition) is 0. The van der Waals surface area contributed by atoms with Crippen molar-refractivity contribution in [1.29, 1.82) is 0 Å². The highest BCUT2D eigenvalue weighted by molar-refractivity contribution is 9.10. The lowest BCUT2D eigenvalue weighted by molar-refractivity contribution is 0.0766.